The van der Waals surface area contributed by atoms with Crippen molar-refractivity contribution in [2.75, 3.05) is 0 Å². The third kappa shape index (κ3) is 3.34. The zero-order chi connectivity index (χ0) is 12.2. The summed E-state index contributed by atoms with van der Waals surface area (Å²) in [5.41, 5.74) is 2.86. The van der Waals surface area contributed by atoms with Crippen LogP contribution in [-0.2, 0) is 5.60 Å². The standard InChI is InChI=1S/C15H24O/c1-5-6-7-10-15(4,16)14-9-8-12(2)11-13(14)3/h8-9,11,16H,5-7,10H2,1-4H3. The minimum Gasteiger partial charge on any atom is -0.385 e. The van der Waals surface area contributed by atoms with Crippen molar-refractivity contribution >= 4 is 0 Å². The van der Waals surface area contributed by atoms with Crippen LogP contribution in [0, 0.1) is 13.8 Å². The van der Waals surface area contributed by atoms with Crippen LogP contribution in [0.5, 0.6) is 0 Å². The van der Waals surface area contributed by atoms with Crippen LogP contribution in [0.2, 0.25) is 0 Å². The van der Waals surface area contributed by atoms with Gasteiger partial charge in [0.1, 0.15) is 0 Å². The van der Waals surface area contributed by atoms with E-state index in [1.807, 2.05) is 6.92 Å². The third-order valence-corrected chi connectivity index (χ3v) is 3.23. The topological polar surface area (TPSA) is 20.2 Å². The van der Waals surface area contributed by atoms with E-state index in [0.717, 1.165) is 18.4 Å². The Morgan fingerprint density at radius 2 is 1.88 bits per heavy atom. The average molecular weight is 220 g/mol. The van der Waals surface area contributed by atoms with Crippen LogP contribution in [0.4, 0.5) is 0 Å². The lowest BCUT2D eigenvalue weighted by Crippen LogP contribution is -2.22. The van der Waals surface area contributed by atoms with Crippen molar-refractivity contribution < 1.29 is 5.11 Å². The lowest BCUT2D eigenvalue weighted by atomic mass is 9.87. The lowest BCUT2D eigenvalue weighted by Gasteiger charge is -2.26. The molecule has 0 aliphatic heterocycles. The Hall–Kier alpha value is -0.820. The minimum absolute atomic E-state index is 0.674. The van der Waals surface area contributed by atoms with Crippen molar-refractivity contribution in [1.29, 1.82) is 0 Å². The number of aliphatic hydroxyl groups is 1. The number of rotatable bonds is 5. The van der Waals surface area contributed by atoms with Crippen LogP contribution in [0.3, 0.4) is 0 Å². The van der Waals surface area contributed by atoms with Crippen LogP contribution < -0.4 is 0 Å². The molecule has 0 aliphatic carbocycles. The summed E-state index contributed by atoms with van der Waals surface area (Å²) in [5.74, 6) is 0. The predicted octanol–water partition coefficient (Wildman–Crippen LogP) is 4.09. The quantitative estimate of drug-likeness (QED) is 0.741. The summed E-state index contributed by atoms with van der Waals surface area (Å²) >= 11 is 0. The Kier molecular flexibility index (Phi) is 4.55. The highest BCUT2D eigenvalue weighted by molar-refractivity contribution is 5.34. The Bertz CT molecular complexity index is 339. The smallest absolute Gasteiger partial charge is 0.0871 e. The van der Waals surface area contributed by atoms with E-state index in [1.54, 1.807) is 0 Å². The Morgan fingerprint density at radius 1 is 1.19 bits per heavy atom. The summed E-state index contributed by atoms with van der Waals surface area (Å²) < 4.78 is 0. The van der Waals surface area contributed by atoms with Gasteiger partial charge in [0.05, 0.1) is 5.60 Å². The van der Waals surface area contributed by atoms with Gasteiger partial charge in [-0.3, -0.25) is 0 Å². The third-order valence-electron chi connectivity index (χ3n) is 3.23. The van der Waals surface area contributed by atoms with Crippen LogP contribution in [-0.4, -0.2) is 5.11 Å². The van der Waals surface area contributed by atoms with Gasteiger partial charge in [-0.1, -0.05) is 49.9 Å². The molecule has 0 spiro atoms. The molecule has 90 valence electrons. The van der Waals surface area contributed by atoms with Gasteiger partial charge in [-0.05, 0) is 38.3 Å². The van der Waals surface area contributed by atoms with Crippen LogP contribution in [0.15, 0.2) is 18.2 Å². The predicted molar refractivity (Wildman–Crippen MR) is 69.6 cm³/mol. The fraction of sp³-hybridized carbons (Fsp3) is 0.600. The molecule has 0 saturated carbocycles. The monoisotopic (exact) mass is 220 g/mol. The zero-order valence-electron chi connectivity index (χ0n) is 11.0. The summed E-state index contributed by atoms with van der Waals surface area (Å²) in [5, 5.41) is 10.5. The van der Waals surface area contributed by atoms with Crippen LogP contribution in [0.25, 0.3) is 0 Å². The van der Waals surface area contributed by atoms with Crippen molar-refractivity contribution in [3.8, 4) is 0 Å². The second-order valence-electron chi connectivity index (χ2n) is 5.05. The van der Waals surface area contributed by atoms with E-state index >= 15 is 0 Å². The van der Waals surface area contributed by atoms with Crippen molar-refractivity contribution in [3.05, 3.63) is 34.9 Å². The first-order valence-electron chi connectivity index (χ1n) is 6.27. The summed E-state index contributed by atoms with van der Waals surface area (Å²) in [6.45, 7) is 8.28. The van der Waals surface area contributed by atoms with Gasteiger partial charge in [0.25, 0.3) is 0 Å². The van der Waals surface area contributed by atoms with E-state index in [2.05, 4.69) is 39.0 Å². The molecule has 0 fully saturated rings. The molecule has 0 radical (unpaired) electrons. The molecule has 0 amide bonds. The summed E-state index contributed by atoms with van der Waals surface area (Å²) in [7, 11) is 0. The molecule has 1 heteroatoms. The van der Waals surface area contributed by atoms with E-state index in [1.165, 1.54) is 24.0 Å². The van der Waals surface area contributed by atoms with Gasteiger partial charge in [0.15, 0.2) is 0 Å². The maximum Gasteiger partial charge on any atom is 0.0871 e. The van der Waals surface area contributed by atoms with Crippen molar-refractivity contribution in [1.82, 2.24) is 0 Å². The van der Waals surface area contributed by atoms with Crippen molar-refractivity contribution in [2.45, 2.75) is 59.0 Å². The molecule has 0 heterocycles. The van der Waals surface area contributed by atoms with E-state index in [9.17, 15) is 5.11 Å². The number of hydrogen-bond donors (Lipinski definition) is 1. The summed E-state index contributed by atoms with van der Waals surface area (Å²) in [6.07, 6.45) is 4.34. The summed E-state index contributed by atoms with van der Waals surface area (Å²) in [6, 6.07) is 6.29. The van der Waals surface area contributed by atoms with Gasteiger partial charge in [0.2, 0.25) is 0 Å². The van der Waals surface area contributed by atoms with Crippen LogP contribution >= 0.6 is 0 Å². The maximum absolute atomic E-state index is 10.5. The van der Waals surface area contributed by atoms with Crippen molar-refractivity contribution in [2.24, 2.45) is 0 Å². The first kappa shape index (κ1) is 13.2. The highest BCUT2D eigenvalue weighted by Crippen LogP contribution is 2.29. The molecule has 1 aromatic carbocycles. The molecule has 1 rings (SSSR count). The normalized spacial score (nSPS) is 14.8. The second kappa shape index (κ2) is 5.49. The van der Waals surface area contributed by atoms with E-state index in [4.69, 9.17) is 0 Å². The Morgan fingerprint density at radius 3 is 2.44 bits per heavy atom. The second-order valence-corrected chi connectivity index (χ2v) is 5.05. The Labute approximate surface area is 99.5 Å². The van der Waals surface area contributed by atoms with E-state index in [-0.39, 0.29) is 0 Å². The average Bonchev–Trinajstić information content (AvgIpc) is 2.17. The zero-order valence-corrected chi connectivity index (χ0v) is 11.0. The minimum atomic E-state index is -0.674. The van der Waals surface area contributed by atoms with Crippen molar-refractivity contribution in [3.63, 3.8) is 0 Å². The number of hydrogen-bond acceptors (Lipinski definition) is 1. The molecule has 0 saturated heterocycles. The van der Waals surface area contributed by atoms with Gasteiger partial charge in [-0.15, -0.1) is 0 Å². The molecular weight excluding hydrogens is 196 g/mol. The number of aryl methyl sites for hydroxylation is 2. The molecule has 1 unspecified atom stereocenters. The molecular formula is C15H24O. The van der Waals surface area contributed by atoms with Gasteiger partial charge in [0, 0.05) is 0 Å². The number of benzene rings is 1. The lowest BCUT2D eigenvalue weighted by molar-refractivity contribution is 0.0443. The molecule has 1 atom stereocenters. The molecule has 1 N–H and O–H groups in total. The number of unbranched alkanes of at least 4 members (excludes halogenated alkanes) is 2. The fourth-order valence-corrected chi connectivity index (χ4v) is 2.27. The van der Waals surface area contributed by atoms with E-state index < -0.39 is 5.60 Å². The molecule has 1 aromatic rings. The molecule has 0 aliphatic rings. The maximum atomic E-state index is 10.5. The SMILES string of the molecule is CCCCCC(C)(O)c1ccc(C)cc1C. The molecule has 0 bridgehead atoms. The van der Waals surface area contributed by atoms with Gasteiger partial charge in [-0.25, -0.2) is 0 Å². The fourth-order valence-electron chi connectivity index (χ4n) is 2.27. The molecule has 1 nitrogen and oxygen atoms in total. The Balaban J connectivity index is 2.80. The summed E-state index contributed by atoms with van der Waals surface area (Å²) in [4.78, 5) is 0. The van der Waals surface area contributed by atoms with Crippen LogP contribution in [0.1, 0.15) is 56.2 Å². The highest BCUT2D eigenvalue weighted by atomic mass is 16.3. The van der Waals surface area contributed by atoms with E-state index in [0.29, 0.717) is 0 Å². The largest absolute Gasteiger partial charge is 0.385 e. The molecule has 0 aromatic heterocycles. The highest BCUT2D eigenvalue weighted by Gasteiger charge is 2.23. The molecule has 16 heavy (non-hydrogen) atoms. The first-order chi connectivity index (χ1) is 7.47. The van der Waals surface area contributed by atoms with Gasteiger partial charge in [-0.2, -0.15) is 0 Å². The first-order valence-corrected chi connectivity index (χ1v) is 6.27. The van der Waals surface area contributed by atoms with Gasteiger partial charge >= 0.3 is 0 Å². The van der Waals surface area contributed by atoms with Gasteiger partial charge < -0.3 is 5.11 Å².